The highest BCUT2D eigenvalue weighted by Crippen LogP contribution is 2.21. The summed E-state index contributed by atoms with van der Waals surface area (Å²) in [4.78, 5) is 0. The molecule has 2 nitrogen and oxygen atoms in total. The highest BCUT2D eigenvalue weighted by Gasteiger charge is 2.06. The first kappa shape index (κ1) is 11.5. The Kier molecular flexibility index (Phi) is 4.94. The van der Waals surface area contributed by atoms with Crippen LogP contribution in [0.4, 0.5) is 0 Å². The molecular formula is C11H17ClN2. The zero-order chi connectivity index (χ0) is 10.4. The van der Waals surface area contributed by atoms with Gasteiger partial charge in [-0.15, -0.1) is 0 Å². The molecule has 3 heteroatoms. The Morgan fingerprint density at radius 1 is 1.43 bits per heavy atom. The molecule has 0 spiro atoms. The van der Waals surface area contributed by atoms with Crippen LogP contribution in [-0.4, -0.2) is 13.1 Å². The minimum atomic E-state index is 0.287. The van der Waals surface area contributed by atoms with Crippen molar-refractivity contribution in [3.05, 3.63) is 34.9 Å². The van der Waals surface area contributed by atoms with Crippen LogP contribution in [0.1, 0.15) is 24.9 Å². The predicted octanol–water partition coefficient (Wildman–Crippen LogP) is 2.34. The van der Waals surface area contributed by atoms with Gasteiger partial charge in [0.25, 0.3) is 0 Å². The van der Waals surface area contributed by atoms with E-state index in [9.17, 15) is 0 Å². The summed E-state index contributed by atoms with van der Waals surface area (Å²) in [5, 5.41) is 4.20. The molecule has 0 saturated carbocycles. The fourth-order valence-electron chi connectivity index (χ4n) is 1.36. The van der Waals surface area contributed by atoms with Gasteiger partial charge in [-0.3, -0.25) is 0 Å². The van der Waals surface area contributed by atoms with Gasteiger partial charge in [0, 0.05) is 11.1 Å². The van der Waals surface area contributed by atoms with E-state index < -0.39 is 0 Å². The molecule has 1 aromatic carbocycles. The summed E-state index contributed by atoms with van der Waals surface area (Å²) in [5.74, 6) is 0. The molecule has 0 radical (unpaired) electrons. The van der Waals surface area contributed by atoms with Gasteiger partial charge in [-0.05, 0) is 38.1 Å². The van der Waals surface area contributed by atoms with Crippen LogP contribution in [0.25, 0.3) is 0 Å². The van der Waals surface area contributed by atoms with E-state index in [4.69, 9.17) is 17.3 Å². The minimum Gasteiger partial charge on any atom is -0.330 e. The van der Waals surface area contributed by atoms with Gasteiger partial charge in [-0.2, -0.15) is 0 Å². The van der Waals surface area contributed by atoms with Crippen LogP contribution in [0.3, 0.4) is 0 Å². The smallest absolute Gasteiger partial charge is 0.0453 e. The SMILES string of the molecule is CC(NCCCN)c1ccccc1Cl. The van der Waals surface area contributed by atoms with E-state index in [1.807, 2.05) is 24.3 Å². The monoisotopic (exact) mass is 212 g/mol. The molecular weight excluding hydrogens is 196 g/mol. The molecule has 14 heavy (non-hydrogen) atoms. The minimum absolute atomic E-state index is 0.287. The van der Waals surface area contributed by atoms with Crippen LogP contribution in [0.15, 0.2) is 24.3 Å². The Morgan fingerprint density at radius 3 is 2.79 bits per heavy atom. The summed E-state index contributed by atoms with van der Waals surface area (Å²) < 4.78 is 0. The molecule has 0 heterocycles. The highest BCUT2D eigenvalue weighted by molar-refractivity contribution is 6.31. The standard InChI is InChI=1S/C11H17ClN2/c1-9(14-8-4-7-13)10-5-2-3-6-11(10)12/h2-3,5-6,9,14H,4,7-8,13H2,1H3. The number of benzene rings is 1. The normalized spacial score (nSPS) is 12.8. The van der Waals surface area contributed by atoms with E-state index in [-0.39, 0.29) is 6.04 Å². The molecule has 0 aliphatic heterocycles. The Morgan fingerprint density at radius 2 is 2.14 bits per heavy atom. The van der Waals surface area contributed by atoms with Crippen molar-refractivity contribution in [3.8, 4) is 0 Å². The predicted molar refractivity (Wildman–Crippen MR) is 61.5 cm³/mol. The Labute approximate surface area is 90.4 Å². The van der Waals surface area contributed by atoms with Gasteiger partial charge in [-0.25, -0.2) is 0 Å². The van der Waals surface area contributed by atoms with Crippen molar-refractivity contribution < 1.29 is 0 Å². The van der Waals surface area contributed by atoms with Gasteiger partial charge in [-0.1, -0.05) is 29.8 Å². The number of rotatable bonds is 5. The van der Waals surface area contributed by atoms with Crippen molar-refractivity contribution in [1.82, 2.24) is 5.32 Å². The molecule has 1 unspecified atom stereocenters. The van der Waals surface area contributed by atoms with Crippen LogP contribution in [0, 0.1) is 0 Å². The van der Waals surface area contributed by atoms with Crippen molar-refractivity contribution in [2.45, 2.75) is 19.4 Å². The molecule has 0 saturated heterocycles. The number of nitrogens with one attached hydrogen (secondary N) is 1. The van der Waals surface area contributed by atoms with E-state index in [0.29, 0.717) is 0 Å². The summed E-state index contributed by atoms with van der Waals surface area (Å²) >= 11 is 6.07. The van der Waals surface area contributed by atoms with Gasteiger partial charge >= 0.3 is 0 Å². The highest BCUT2D eigenvalue weighted by atomic mass is 35.5. The van der Waals surface area contributed by atoms with Gasteiger partial charge in [0.1, 0.15) is 0 Å². The van der Waals surface area contributed by atoms with Crippen molar-refractivity contribution in [1.29, 1.82) is 0 Å². The Balaban J connectivity index is 2.51. The molecule has 3 N–H and O–H groups in total. The maximum atomic E-state index is 6.07. The summed E-state index contributed by atoms with van der Waals surface area (Å²) in [5.41, 5.74) is 6.56. The second-order valence-electron chi connectivity index (χ2n) is 3.34. The van der Waals surface area contributed by atoms with Gasteiger partial charge in [0.15, 0.2) is 0 Å². The molecule has 0 aliphatic carbocycles. The van der Waals surface area contributed by atoms with Crippen LogP contribution >= 0.6 is 11.6 Å². The second kappa shape index (κ2) is 6.02. The fraction of sp³-hybridized carbons (Fsp3) is 0.455. The van der Waals surface area contributed by atoms with Crippen LogP contribution in [-0.2, 0) is 0 Å². The van der Waals surface area contributed by atoms with Crippen LogP contribution < -0.4 is 11.1 Å². The average molecular weight is 213 g/mol. The fourth-order valence-corrected chi connectivity index (χ4v) is 1.66. The summed E-state index contributed by atoms with van der Waals surface area (Å²) in [6.45, 7) is 3.77. The number of halogens is 1. The molecule has 0 fully saturated rings. The van der Waals surface area contributed by atoms with E-state index >= 15 is 0 Å². The molecule has 1 aromatic rings. The maximum absolute atomic E-state index is 6.07. The van der Waals surface area contributed by atoms with E-state index in [1.165, 1.54) is 0 Å². The molecule has 78 valence electrons. The van der Waals surface area contributed by atoms with Gasteiger partial charge < -0.3 is 11.1 Å². The quantitative estimate of drug-likeness (QED) is 0.736. The van der Waals surface area contributed by atoms with Crippen molar-refractivity contribution in [2.75, 3.05) is 13.1 Å². The maximum Gasteiger partial charge on any atom is 0.0453 e. The first-order chi connectivity index (χ1) is 6.75. The zero-order valence-electron chi connectivity index (χ0n) is 8.46. The number of hydrogen-bond donors (Lipinski definition) is 2. The Hall–Kier alpha value is -0.570. The van der Waals surface area contributed by atoms with Crippen molar-refractivity contribution >= 4 is 11.6 Å². The molecule has 1 atom stereocenters. The molecule has 0 aromatic heterocycles. The third-order valence-electron chi connectivity index (χ3n) is 2.20. The molecule has 0 aliphatic rings. The van der Waals surface area contributed by atoms with E-state index in [1.54, 1.807) is 0 Å². The molecule has 0 amide bonds. The molecule has 1 rings (SSSR count). The summed E-state index contributed by atoms with van der Waals surface area (Å²) in [7, 11) is 0. The third kappa shape index (κ3) is 3.29. The summed E-state index contributed by atoms with van der Waals surface area (Å²) in [6, 6.07) is 8.19. The number of hydrogen-bond acceptors (Lipinski definition) is 2. The van der Waals surface area contributed by atoms with Crippen LogP contribution in [0.5, 0.6) is 0 Å². The lowest BCUT2D eigenvalue weighted by Gasteiger charge is -2.15. The topological polar surface area (TPSA) is 38.0 Å². The van der Waals surface area contributed by atoms with E-state index in [2.05, 4.69) is 12.2 Å². The van der Waals surface area contributed by atoms with Crippen molar-refractivity contribution in [2.24, 2.45) is 5.73 Å². The Bertz CT molecular complexity index is 276. The lowest BCUT2D eigenvalue weighted by Crippen LogP contribution is -2.22. The summed E-state index contributed by atoms with van der Waals surface area (Å²) in [6.07, 6.45) is 0.995. The second-order valence-corrected chi connectivity index (χ2v) is 3.75. The molecule has 0 bridgehead atoms. The first-order valence-corrected chi connectivity index (χ1v) is 5.31. The third-order valence-corrected chi connectivity index (χ3v) is 2.55. The van der Waals surface area contributed by atoms with Gasteiger partial charge in [0.05, 0.1) is 0 Å². The number of nitrogens with two attached hydrogens (primary N) is 1. The van der Waals surface area contributed by atoms with E-state index in [0.717, 1.165) is 30.1 Å². The van der Waals surface area contributed by atoms with Crippen molar-refractivity contribution in [3.63, 3.8) is 0 Å². The zero-order valence-corrected chi connectivity index (χ0v) is 9.22. The average Bonchev–Trinajstić information content (AvgIpc) is 2.18. The first-order valence-electron chi connectivity index (χ1n) is 4.93. The largest absolute Gasteiger partial charge is 0.330 e. The van der Waals surface area contributed by atoms with Crippen LogP contribution in [0.2, 0.25) is 5.02 Å². The lowest BCUT2D eigenvalue weighted by molar-refractivity contribution is 0.562. The lowest BCUT2D eigenvalue weighted by atomic mass is 10.1. The van der Waals surface area contributed by atoms with Gasteiger partial charge in [0.2, 0.25) is 0 Å².